The molecule has 0 aliphatic rings. The Morgan fingerprint density at radius 1 is 1.46 bits per heavy atom. The van der Waals surface area contributed by atoms with Gasteiger partial charge < -0.3 is 9.64 Å². The van der Waals surface area contributed by atoms with Gasteiger partial charge in [0.1, 0.15) is 0 Å². The third-order valence-corrected chi connectivity index (χ3v) is 1.74. The lowest BCUT2D eigenvalue weighted by Gasteiger charge is -2.31. The van der Waals surface area contributed by atoms with Crippen LogP contribution in [0.4, 0.5) is 4.79 Å². The SMILES string of the molecule is COC(=N)NC(=O)N(C)C(C)(C)C. The van der Waals surface area contributed by atoms with Crippen molar-refractivity contribution >= 4 is 12.1 Å². The summed E-state index contributed by atoms with van der Waals surface area (Å²) in [5.74, 6) is 0. The zero-order valence-corrected chi connectivity index (χ0v) is 8.76. The van der Waals surface area contributed by atoms with E-state index in [-0.39, 0.29) is 17.6 Å². The Morgan fingerprint density at radius 3 is 2.23 bits per heavy atom. The predicted molar refractivity (Wildman–Crippen MR) is 50.8 cm³/mol. The summed E-state index contributed by atoms with van der Waals surface area (Å²) in [5, 5.41) is 9.37. The third kappa shape index (κ3) is 3.78. The molecule has 0 aliphatic heterocycles. The zero-order chi connectivity index (χ0) is 10.6. The first-order chi connectivity index (χ1) is 5.79. The van der Waals surface area contributed by atoms with Crippen molar-refractivity contribution in [2.75, 3.05) is 14.2 Å². The minimum atomic E-state index is -0.348. The molecule has 0 heterocycles. The molecule has 5 nitrogen and oxygen atoms in total. The molecular weight excluding hydrogens is 170 g/mol. The van der Waals surface area contributed by atoms with Gasteiger partial charge in [0.15, 0.2) is 0 Å². The quantitative estimate of drug-likeness (QED) is 0.439. The second-order valence-electron chi connectivity index (χ2n) is 3.69. The summed E-state index contributed by atoms with van der Waals surface area (Å²) < 4.78 is 4.51. The molecule has 2 N–H and O–H groups in total. The van der Waals surface area contributed by atoms with Crippen LogP contribution in [0.3, 0.4) is 0 Å². The second kappa shape index (κ2) is 4.11. The van der Waals surface area contributed by atoms with Gasteiger partial charge in [-0.1, -0.05) is 0 Å². The van der Waals surface area contributed by atoms with Crippen molar-refractivity contribution in [3.63, 3.8) is 0 Å². The molecule has 2 amide bonds. The lowest BCUT2D eigenvalue weighted by Crippen LogP contribution is -2.49. The molecule has 0 radical (unpaired) electrons. The van der Waals surface area contributed by atoms with Gasteiger partial charge >= 0.3 is 6.03 Å². The van der Waals surface area contributed by atoms with Crippen molar-refractivity contribution in [2.45, 2.75) is 26.3 Å². The molecule has 0 spiro atoms. The number of rotatable bonds is 0. The van der Waals surface area contributed by atoms with Crippen LogP contribution in [-0.2, 0) is 4.74 Å². The highest BCUT2D eigenvalue weighted by molar-refractivity contribution is 5.91. The average molecular weight is 187 g/mol. The number of amides is 2. The number of hydrogen-bond acceptors (Lipinski definition) is 3. The second-order valence-corrected chi connectivity index (χ2v) is 3.69. The van der Waals surface area contributed by atoms with E-state index >= 15 is 0 Å². The Kier molecular flexibility index (Phi) is 3.71. The van der Waals surface area contributed by atoms with Gasteiger partial charge in [-0.25, -0.2) is 4.79 Å². The van der Waals surface area contributed by atoms with E-state index in [0.29, 0.717) is 0 Å². The standard InChI is InChI=1S/C8H17N3O2/c1-8(2,3)11(4)7(12)10-6(9)13-5/h1-5H3,(H2,9,10,12). The van der Waals surface area contributed by atoms with E-state index in [1.807, 2.05) is 20.8 Å². The van der Waals surface area contributed by atoms with E-state index in [2.05, 4.69) is 10.1 Å². The molecule has 0 bridgehead atoms. The van der Waals surface area contributed by atoms with Gasteiger partial charge in [-0.2, -0.15) is 0 Å². The minimum Gasteiger partial charge on any atom is -0.468 e. The fourth-order valence-corrected chi connectivity index (χ4v) is 0.537. The average Bonchev–Trinajstić information content (AvgIpc) is 2.01. The van der Waals surface area contributed by atoms with Crippen molar-refractivity contribution in [2.24, 2.45) is 0 Å². The van der Waals surface area contributed by atoms with Gasteiger partial charge in [0.2, 0.25) is 0 Å². The smallest absolute Gasteiger partial charge is 0.325 e. The highest BCUT2D eigenvalue weighted by Crippen LogP contribution is 2.09. The molecular formula is C8H17N3O2. The topological polar surface area (TPSA) is 65.4 Å². The Morgan fingerprint density at radius 2 is 1.92 bits per heavy atom. The Labute approximate surface area is 78.6 Å². The van der Waals surface area contributed by atoms with Crippen LogP contribution >= 0.6 is 0 Å². The van der Waals surface area contributed by atoms with E-state index in [9.17, 15) is 4.79 Å². The van der Waals surface area contributed by atoms with Gasteiger partial charge in [0, 0.05) is 12.6 Å². The van der Waals surface area contributed by atoms with Crippen molar-refractivity contribution < 1.29 is 9.53 Å². The number of nitrogens with one attached hydrogen (secondary N) is 2. The maximum Gasteiger partial charge on any atom is 0.325 e. The summed E-state index contributed by atoms with van der Waals surface area (Å²) in [7, 11) is 3.00. The molecule has 0 atom stereocenters. The summed E-state index contributed by atoms with van der Waals surface area (Å²) in [6.45, 7) is 5.72. The minimum absolute atomic E-state index is 0.249. The number of urea groups is 1. The number of methoxy groups -OCH3 is 1. The van der Waals surface area contributed by atoms with E-state index in [4.69, 9.17) is 5.41 Å². The van der Waals surface area contributed by atoms with Gasteiger partial charge in [-0.15, -0.1) is 0 Å². The van der Waals surface area contributed by atoms with Gasteiger partial charge in [-0.05, 0) is 20.8 Å². The van der Waals surface area contributed by atoms with Crippen LogP contribution < -0.4 is 5.32 Å². The van der Waals surface area contributed by atoms with Crippen molar-refractivity contribution in [1.29, 1.82) is 5.41 Å². The maximum atomic E-state index is 11.4. The number of amidine groups is 1. The summed E-state index contributed by atoms with van der Waals surface area (Å²) in [6, 6.07) is -0.597. The normalized spacial score (nSPS) is 10.5. The molecule has 0 aromatic carbocycles. The van der Waals surface area contributed by atoms with Crippen molar-refractivity contribution in [1.82, 2.24) is 10.2 Å². The number of nitrogens with zero attached hydrogens (tertiary/aromatic N) is 1. The first-order valence-electron chi connectivity index (χ1n) is 3.96. The van der Waals surface area contributed by atoms with Crippen LogP contribution in [0.25, 0.3) is 0 Å². The third-order valence-electron chi connectivity index (χ3n) is 1.74. The molecule has 0 saturated heterocycles. The molecule has 76 valence electrons. The van der Waals surface area contributed by atoms with Crippen LogP contribution in [0.1, 0.15) is 20.8 Å². The van der Waals surface area contributed by atoms with Crippen molar-refractivity contribution in [3.8, 4) is 0 Å². The van der Waals surface area contributed by atoms with E-state index in [1.165, 1.54) is 12.0 Å². The largest absolute Gasteiger partial charge is 0.468 e. The first-order valence-corrected chi connectivity index (χ1v) is 3.96. The van der Waals surface area contributed by atoms with Crippen LogP contribution in [0.15, 0.2) is 0 Å². The van der Waals surface area contributed by atoms with E-state index < -0.39 is 0 Å². The number of ether oxygens (including phenoxy) is 1. The van der Waals surface area contributed by atoms with Crippen LogP contribution in [0, 0.1) is 5.41 Å². The highest BCUT2D eigenvalue weighted by atomic mass is 16.5. The fraction of sp³-hybridized carbons (Fsp3) is 0.750. The molecule has 0 aromatic heterocycles. The molecule has 0 aromatic rings. The molecule has 0 fully saturated rings. The number of carbonyl (C=O) groups is 1. The monoisotopic (exact) mass is 187 g/mol. The number of carbonyl (C=O) groups excluding carboxylic acids is 1. The van der Waals surface area contributed by atoms with Gasteiger partial charge in [0.05, 0.1) is 7.11 Å². The summed E-state index contributed by atoms with van der Waals surface area (Å²) in [4.78, 5) is 12.9. The first kappa shape index (κ1) is 11.7. The van der Waals surface area contributed by atoms with E-state index in [0.717, 1.165) is 0 Å². The number of hydrogen-bond donors (Lipinski definition) is 2. The zero-order valence-electron chi connectivity index (χ0n) is 8.76. The lowest BCUT2D eigenvalue weighted by molar-refractivity contribution is 0.168. The van der Waals surface area contributed by atoms with Crippen LogP contribution in [0.5, 0.6) is 0 Å². The Balaban J connectivity index is 4.20. The van der Waals surface area contributed by atoms with E-state index in [1.54, 1.807) is 7.05 Å². The van der Waals surface area contributed by atoms with Crippen LogP contribution in [0.2, 0.25) is 0 Å². The van der Waals surface area contributed by atoms with Crippen LogP contribution in [-0.4, -0.2) is 36.6 Å². The predicted octanol–water partition coefficient (Wildman–Crippen LogP) is 1.01. The summed E-state index contributed by atoms with van der Waals surface area (Å²) in [6.07, 6.45) is 0. The Hall–Kier alpha value is -1.26. The molecule has 13 heavy (non-hydrogen) atoms. The van der Waals surface area contributed by atoms with Crippen molar-refractivity contribution in [3.05, 3.63) is 0 Å². The summed E-state index contributed by atoms with van der Waals surface area (Å²) >= 11 is 0. The maximum absolute atomic E-state index is 11.4. The highest BCUT2D eigenvalue weighted by Gasteiger charge is 2.22. The molecule has 5 heteroatoms. The summed E-state index contributed by atoms with van der Waals surface area (Å²) in [5.41, 5.74) is -0.266. The fourth-order valence-electron chi connectivity index (χ4n) is 0.537. The molecule has 0 unspecified atom stereocenters. The molecule has 0 rings (SSSR count). The lowest BCUT2D eigenvalue weighted by atomic mass is 10.1. The molecule has 0 aliphatic carbocycles. The van der Waals surface area contributed by atoms with Gasteiger partial charge in [0.25, 0.3) is 6.02 Å². The van der Waals surface area contributed by atoms with Gasteiger partial charge in [-0.3, -0.25) is 10.7 Å². The Bertz CT molecular complexity index is 208. The molecule has 0 saturated carbocycles.